The molecular weight excluding hydrogens is 618 g/mol. The van der Waals surface area contributed by atoms with E-state index < -0.39 is 28.7 Å². The van der Waals surface area contributed by atoms with Crippen molar-refractivity contribution in [3.8, 4) is 5.75 Å². The highest BCUT2D eigenvalue weighted by Gasteiger charge is 2.76. The number of hydrogen-bond donors (Lipinski definition) is 3. The third kappa shape index (κ3) is 4.99. The number of nitrogens with one attached hydrogen (secondary N) is 2. The standard InChI is InChI=1S/C32H32BrN3O5S/c1-41-23-14-12-21(13-15-23)35-30(39)28-32-17-24(33)27(42-32)25(29(38)34-20-10-6-3-7-11-20)26(32)31(40)36(28)22(18-37)16-19-8-4-2-5-9-19/h2-15,22,24-28,37H,16-18H2,1H3,(H,34,38)(H,35,39)/t22-,24?,25-,26+,27-,28?,32?/m1/s1. The summed E-state index contributed by atoms with van der Waals surface area (Å²) >= 11 is 5.37. The third-order valence-corrected chi connectivity index (χ3v) is 11.8. The van der Waals surface area contributed by atoms with Crippen molar-refractivity contribution in [2.45, 2.75) is 39.7 Å². The number of para-hydroxylation sites is 1. The van der Waals surface area contributed by atoms with Crippen LogP contribution >= 0.6 is 27.7 Å². The number of fused-ring (bicyclic) bond motifs is 1. The van der Waals surface area contributed by atoms with E-state index in [9.17, 15) is 19.5 Å². The quantitative estimate of drug-likeness (QED) is 0.298. The van der Waals surface area contributed by atoms with E-state index in [-0.39, 0.29) is 34.4 Å². The number of halogens is 1. The summed E-state index contributed by atoms with van der Waals surface area (Å²) in [7, 11) is 1.57. The molecule has 2 bridgehead atoms. The van der Waals surface area contributed by atoms with Gasteiger partial charge in [0.15, 0.2) is 0 Å². The topological polar surface area (TPSA) is 108 Å². The summed E-state index contributed by atoms with van der Waals surface area (Å²) in [4.78, 5) is 44.1. The smallest absolute Gasteiger partial charge is 0.248 e. The lowest BCUT2D eigenvalue weighted by Crippen LogP contribution is -2.55. The van der Waals surface area contributed by atoms with Crippen LogP contribution in [0, 0.1) is 11.8 Å². The van der Waals surface area contributed by atoms with E-state index in [4.69, 9.17) is 4.74 Å². The normalized spacial score (nSPS) is 28.3. The molecule has 8 nitrogen and oxygen atoms in total. The summed E-state index contributed by atoms with van der Waals surface area (Å²) in [5.74, 6) is -1.52. The number of ether oxygens (including phenoxy) is 1. The largest absolute Gasteiger partial charge is 0.497 e. The summed E-state index contributed by atoms with van der Waals surface area (Å²) < 4.78 is 4.41. The molecule has 0 aliphatic carbocycles. The summed E-state index contributed by atoms with van der Waals surface area (Å²) in [5.41, 5.74) is 2.17. The van der Waals surface area contributed by atoms with E-state index in [2.05, 4.69) is 26.6 Å². The Balaban J connectivity index is 1.38. The fourth-order valence-corrected chi connectivity index (χ4v) is 10.4. The molecule has 3 aliphatic heterocycles. The summed E-state index contributed by atoms with van der Waals surface area (Å²) in [6, 6.07) is 24.3. The Kier molecular flexibility index (Phi) is 8.04. The second-order valence-electron chi connectivity index (χ2n) is 11.0. The summed E-state index contributed by atoms with van der Waals surface area (Å²) in [6.07, 6.45) is 0.930. The van der Waals surface area contributed by atoms with E-state index in [0.29, 0.717) is 30.0 Å². The number of hydrogen-bond acceptors (Lipinski definition) is 6. The molecule has 3 saturated heterocycles. The molecule has 3 amide bonds. The molecular formula is C32H32BrN3O5S. The van der Waals surface area contributed by atoms with Crippen LogP contribution in [0.2, 0.25) is 0 Å². The number of anilines is 2. The zero-order valence-corrected chi connectivity index (χ0v) is 25.4. The number of carbonyl (C=O) groups excluding carboxylic acids is 3. The number of carbonyl (C=O) groups is 3. The van der Waals surface area contributed by atoms with Crippen molar-refractivity contribution in [1.29, 1.82) is 0 Å². The van der Waals surface area contributed by atoms with Crippen LogP contribution in [-0.4, -0.2) is 68.4 Å². The molecule has 0 radical (unpaired) electrons. The highest BCUT2D eigenvalue weighted by molar-refractivity contribution is 9.09. The Hall–Kier alpha value is -3.34. The van der Waals surface area contributed by atoms with Gasteiger partial charge in [0.2, 0.25) is 17.7 Å². The maximum atomic E-state index is 14.5. The number of nitrogens with zero attached hydrogens (tertiary/aromatic N) is 1. The predicted octanol–water partition coefficient (Wildman–Crippen LogP) is 4.34. The van der Waals surface area contributed by atoms with Gasteiger partial charge in [-0.3, -0.25) is 14.4 Å². The fourth-order valence-electron chi connectivity index (χ4n) is 6.83. The molecule has 7 atom stereocenters. The molecule has 10 heteroatoms. The van der Waals surface area contributed by atoms with Gasteiger partial charge in [0, 0.05) is 21.5 Å². The molecule has 3 aromatic rings. The van der Waals surface area contributed by atoms with Gasteiger partial charge < -0.3 is 25.4 Å². The maximum Gasteiger partial charge on any atom is 0.248 e. The number of aliphatic hydroxyl groups excluding tert-OH is 1. The Morgan fingerprint density at radius 1 is 1.00 bits per heavy atom. The van der Waals surface area contributed by atoms with Gasteiger partial charge in [-0.25, -0.2) is 0 Å². The van der Waals surface area contributed by atoms with Crippen molar-refractivity contribution in [1.82, 2.24) is 4.90 Å². The molecule has 3 unspecified atom stereocenters. The molecule has 3 aromatic carbocycles. The van der Waals surface area contributed by atoms with Gasteiger partial charge in [0.25, 0.3) is 0 Å². The van der Waals surface area contributed by atoms with Crippen LogP contribution in [0.3, 0.4) is 0 Å². The van der Waals surface area contributed by atoms with Crippen molar-refractivity contribution in [3.05, 3.63) is 90.5 Å². The van der Waals surface area contributed by atoms with Gasteiger partial charge in [-0.15, -0.1) is 11.8 Å². The molecule has 3 N–H and O–H groups in total. The number of likely N-dealkylation sites (tertiary alicyclic amines) is 1. The minimum atomic E-state index is -0.887. The monoisotopic (exact) mass is 649 g/mol. The Morgan fingerprint density at radius 2 is 1.62 bits per heavy atom. The molecule has 3 heterocycles. The van der Waals surface area contributed by atoms with Crippen LogP contribution in [0.4, 0.5) is 11.4 Å². The summed E-state index contributed by atoms with van der Waals surface area (Å²) in [5, 5.41) is 16.5. The average molecular weight is 651 g/mol. The minimum absolute atomic E-state index is 0.0593. The molecule has 42 heavy (non-hydrogen) atoms. The number of rotatable bonds is 9. The van der Waals surface area contributed by atoms with Crippen LogP contribution in [-0.2, 0) is 20.8 Å². The highest BCUT2D eigenvalue weighted by Crippen LogP contribution is 2.68. The number of benzene rings is 3. The zero-order valence-electron chi connectivity index (χ0n) is 23.0. The van der Waals surface area contributed by atoms with Crippen molar-refractivity contribution in [2.24, 2.45) is 11.8 Å². The predicted molar refractivity (Wildman–Crippen MR) is 167 cm³/mol. The summed E-state index contributed by atoms with van der Waals surface area (Å²) in [6.45, 7) is -0.317. The molecule has 218 valence electrons. The second kappa shape index (κ2) is 11.7. The number of alkyl halides is 1. The fraction of sp³-hybridized carbons (Fsp3) is 0.344. The first-order valence-electron chi connectivity index (χ1n) is 14.0. The van der Waals surface area contributed by atoms with Crippen molar-refractivity contribution < 1.29 is 24.2 Å². The molecule has 3 fully saturated rings. The van der Waals surface area contributed by atoms with Crippen LogP contribution in [0.1, 0.15) is 12.0 Å². The van der Waals surface area contributed by atoms with Gasteiger partial charge in [0.05, 0.1) is 36.3 Å². The molecule has 1 spiro atoms. The van der Waals surface area contributed by atoms with E-state index in [1.807, 2.05) is 60.7 Å². The van der Waals surface area contributed by atoms with Crippen LogP contribution in [0.15, 0.2) is 84.9 Å². The lowest BCUT2D eigenvalue weighted by Gasteiger charge is -2.37. The minimum Gasteiger partial charge on any atom is -0.497 e. The number of thioether (sulfide) groups is 1. The first-order valence-corrected chi connectivity index (χ1v) is 15.8. The van der Waals surface area contributed by atoms with Gasteiger partial charge in [-0.1, -0.05) is 64.5 Å². The van der Waals surface area contributed by atoms with Gasteiger partial charge in [0.1, 0.15) is 11.8 Å². The molecule has 0 aromatic heterocycles. The molecule has 0 saturated carbocycles. The average Bonchev–Trinajstić information content (AvgIpc) is 3.60. The second-order valence-corrected chi connectivity index (χ2v) is 13.7. The van der Waals surface area contributed by atoms with Crippen molar-refractivity contribution in [2.75, 3.05) is 24.4 Å². The lowest BCUT2D eigenvalue weighted by atomic mass is 9.70. The Labute approximate surface area is 257 Å². The number of methoxy groups -OCH3 is 1. The molecule has 3 aliphatic rings. The first-order chi connectivity index (χ1) is 20.4. The third-order valence-electron chi connectivity index (χ3n) is 8.60. The van der Waals surface area contributed by atoms with E-state index in [1.165, 1.54) is 0 Å². The van der Waals surface area contributed by atoms with Crippen LogP contribution in [0.25, 0.3) is 0 Å². The Morgan fingerprint density at radius 3 is 2.26 bits per heavy atom. The molecule has 6 rings (SSSR count). The SMILES string of the molecule is COc1ccc(NC(=O)C2N([C@@H](CO)Cc3ccccc3)C(=O)[C@@H]3[C@@H](C(=O)Nc4ccccc4)[C@@H]4SC23CC4Br)cc1. The first kappa shape index (κ1) is 28.8. The maximum absolute atomic E-state index is 14.5. The highest BCUT2D eigenvalue weighted by atomic mass is 79.9. The van der Waals surface area contributed by atoms with Crippen molar-refractivity contribution >= 4 is 56.8 Å². The zero-order chi connectivity index (χ0) is 29.4. The van der Waals surface area contributed by atoms with E-state index >= 15 is 0 Å². The number of amides is 3. The van der Waals surface area contributed by atoms with Crippen LogP contribution < -0.4 is 15.4 Å². The van der Waals surface area contributed by atoms with E-state index in [1.54, 1.807) is 48.0 Å². The van der Waals surface area contributed by atoms with Crippen LogP contribution in [0.5, 0.6) is 5.75 Å². The van der Waals surface area contributed by atoms with Gasteiger partial charge in [-0.05, 0) is 54.8 Å². The number of aliphatic hydroxyl groups is 1. The van der Waals surface area contributed by atoms with Gasteiger partial charge in [-0.2, -0.15) is 0 Å². The van der Waals surface area contributed by atoms with Gasteiger partial charge >= 0.3 is 0 Å². The van der Waals surface area contributed by atoms with E-state index in [0.717, 1.165) is 5.56 Å². The van der Waals surface area contributed by atoms with Crippen molar-refractivity contribution in [3.63, 3.8) is 0 Å². The Bertz CT molecular complexity index is 1460. The lowest BCUT2D eigenvalue weighted by molar-refractivity contribution is -0.141.